The molecular formula is C22H18NO5S+. The van der Waals surface area contributed by atoms with Gasteiger partial charge in [-0.15, -0.1) is 0 Å². The summed E-state index contributed by atoms with van der Waals surface area (Å²) in [7, 11) is 2.03. The second kappa shape index (κ2) is 7.69. The number of carbonyl (C=O) groups excluding carboxylic acids is 2. The number of thioether (sulfide) groups is 1. The molecule has 1 aromatic heterocycles. The van der Waals surface area contributed by atoms with Gasteiger partial charge in [0.25, 0.3) is 0 Å². The Morgan fingerprint density at radius 2 is 2.00 bits per heavy atom. The molecule has 29 heavy (non-hydrogen) atoms. The molecule has 0 saturated heterocycles. The topological polar surface area (TPSA) is 78.0 Å². The number of carbonyl (C=O) groups is 2. The number of rotatable bonds is 3. The molecule has 1 aliphatic carbocycles. The zero-order valence-electron chi connectivity index (χ0n) is 15.9. The molecule has 146 valence electrons. The molecule has 1 aliphatic heterocycles. The van der Waals surface area contributed by atoms with E-state index >= 15 is 0 Å². The lowest BCUT2D eigenvalue weighted by Gasteiger charge is -2.12. The number of ether oxygens (including phenoxy) is 1. The van der Waals surface area contributed by atoms with E-state index in [0.717, 1.165) is 14.8 Å². The Bertz CT molecular complexity index is 1170. The Hall–Kier alpha value is -3.16. The monoisotopic (exact) mass is 408 g/mol. The molecule has 1 aromatic carbocycles. The smallest absolute Gasteiger partial charge is 0.351 e. The Labute approximate surface area is 171 Å². The van der Waals surface area contributed by atoms with Gasteiger partial charge in [0, 0.05) is 17.7 Å². The summed E-state index contributed by atoms with van der Waals surface area (Å²) >= 11 is 1.63. The maximum atomic E-state index is 12.4. The van der Waals surface area contributed by atoms with E-state index in [1.165, 1.54) is 23.9 Å². The second-order valence-corrected chi connectivity index (χ2v) is 7.57. The fraction of sp³-hybridized carbons (Fsp3) is 0.136. The van der Waals surface area contributed by atoms with Crippen molar-refractivity contribution in [3.05, 3.63) is 80.9 Å². The van der Waals surface area contributed by atoms with Gasteiger partial charge in [0.15, 0.2) is 16.5 Å². The van der Waals surface area contributed by atoms with Crippen molar-refractivity contribution in [2.45, 2.75) is 11.8 Å². The molecule has 0 amide bonds. The van der Waals surface area contributed by atoms with E-state index < -0.39 is 11.6 Å². The van der Waals surface area contributed by atoms with E-state index in [2.05, 4.69) is 12.1 Å². The molecule has 1 atom stereocenters. The van der Waals surface area contributed by atoms with Gasteiger partial charge in [-0.05, 0) is 49.0 Å². The zero-order valence-corrected chi connectivity index (χ0v) is 16.7. The van der Waals surface area contributed by atoms with Gasteiger partial charge in [0.2, 0.25) is 0 Å². The molecule has 0 spiro atoms. The van der Waals surface area contributed by atoms with Gasteiger partial charge in [-0.25, -0.2) is 9.59 Å². The molecule has 2 aromatic rings. The minimum atomic E-state index is -0.825. The minimum Gasteiger partial charge on any atom is -0.462 e. The van der Waals surface area contributed by atoms with Crippen LogP contribution < -0.4 is 10.5 Å². The van der Waals surface area contributed by atoms with Crippen LogP contribution in [-0.2, 0) is 9.53 Å². The van der Waals surface area contributed by atoms with Gasteiger partial charge in [-0.3, -0.25) is 9.69 Å². The van der Waals surface area contributed by atoms with E-state index in [0.29, 0.717) is 5.56 Å². The van der Waals surface area contributed by atoms with Crippen LogP contribution in [0.4, 0.5) is 5.69 Å². The molecule has 6 nitrogen and oxygen atoms in total. The summed E-state index contributed by atoms with van der Waals surface area (Å²) in [6.45, 7) is 1.81. The maximum Gasteiger partial charge on any atom is 0.351 e. The normalized spacial score (nSPS) is 20.1. The Balaban J connectivity index is 1.72. The number of ketones is 1. The van der Waals surface area contributed by atoms with E-state index in [1.54, 1.807) is 24.8 Å². The zero-order chi connectivity index (χ0) is 20.5. The van der Waals surface area contributed by atoms with Crippen LogP contribution >= 0.6 is 11.8 Å². The Morgan fingerprint density at radius 1 is 1.21 bits per heavy atom. The van der Waals surface area contributed by atoms with Gasteiger partial charge >= 0.3 is 11.6 Å². The van der Waals surface area contributed by atoms with Crippen LogP contribution in [0.3, 0.4) is 0 Å². The number of para-hydroxylation sites is 1. The summed E-state index contributed by atoms with van der Waals surface area (Å²) in [4.78, 5) is 38.9. The Kier molecular flexibility index (Phi) is 5.08. The predicted octanol–water partition coefficient (Wildman–Crippen LogP) is 2.59. The van der Waals surface area contributed by atoms with Gasteiger partial charge < -0.3 is 9.15 Å². The number of fused-ring (bicyclic) bond motifs is 2. The maximum absolute atomic E-state index is 12.4. The Morgan fingerprint density at radius 3 is 2.76 bits per heavy atom. The summed E-state index contributed by atoms with van der Waals surface area (Å²) < 4.78 is 10.2. The summed E-state index contributed by atoms with van der Waals surface area (Å²) in [6.07, 6.45) is 6.45. The fourth-order valence-corrected chi connectivity index (χ4v) is 4.32. The lowest BCUT2D eigenvalue weighted by atomic mass is 9.96. The summed E-state index contributed by atoms with van der Waals surface area (Å²) in [5.41, 5.74) is 0.914. The van der Waals surface area contributed by atoms with Crippen LogP contribution in [0.25, 0.3) is 11.6 Å². The molecule has 1 N–H and O–H groups in total. The van der Waals surface area contributed by atoms with Gasteiger partial charge in [-0.2, -0.15) is 0 Å². The average molecular weight is 408 g/mol. The predicted molar refractivity (Wildman–Crippen MR) is 110 cm³/mol. The molecule has 1 unspecified atom stereocenters. The highest BCUT2D eigenvalue weighted by Gasteiger charge is 2.28. The van der Waals surface area contributed by atoms with E-state index in [4.69, 9.17) is 9.15 Å². The standard InChI is InChI=1S/C22H17NO5S/c1-3-27-21(25)15-12-13-8-10-17(24)14(20(13)28-22(15)26)9-11-19-23(2)16-6-4-5-7-18(16)29-19/h4-12H,3H2,1-2H3/p+1. The molecule has 2 heterocycles. The third kappa shape index (κ3) is 3.50. The van der Waals surface area contributed by atoms with Crippen LogP contribution in [-0.4, -0.2) is 25.4 Å². The molecule has 0 radical (unpaired) electrons. The van der Waals surface area contributed by atoms with Crippen LogP contribution in [0.15, 0.2) is 67.7 Å². The van der Waals surface area contributed by atoms with Crippen molar-refractivity contribution < 1.29 is 23.6 Å². The first kappa shape index (κ1) is 19.2. The lowest BCUT2D eigenvalue weighted by molar-refractivity contribution is -0.755. The number of hydrogen-bond acceptors (Lipinski definition) is 6. The highest BCUT2D eigenvalue weighted by atomic mass is 32.2. The molecule has 0 saturated carbocycles. The van der Waals surface area contributed by atoms with Crippen molar-refractivity contribution in [3.63, 3.8) is 0 Å². The minimum absolute atomic E-state index is 0.151. The van der Waals surface area contributed by atoms with E-state index in [-0.39, 0.29) is 29.3 Å². The van der Waals surface area contributed by atoms with E-state index in [1.807, 2.05) is 25.3 Å². The highest BCUT2D eigenvalue weighted by molar-refractivity contribution is 8.03. The number of quaternary nitrogens is 1. The molecule has 0 bridgehead atoms. The van der Waals surface area contributed by atoms with E-state index in [9.17, 15) is 14.4 Å². The van der Waals surface area contributed by atoms with Crippen LogP contribution in [0.5, 0.6) is 0 Å². The third-order valence-electron chi connectivity index (χ3n) is 4.68. The lowest BCUT2D eigenvalue weighted by Crippen LogP contribution is -3.00. The third-order valence-corrected chi connectivity index (χ3v) is 5.92. The van der Waals surface area contributed by atoms with Crippen LogP contribution in [0.1, 0.15) is 28.6 Å². The number of esters is 1. The van der Waals surface area contributed by atoms with Crippen LogP contribution in [0.2, 0.25) is 0 Å². The number of hydrogen-bond donors (Lipinski definition) is 1. The summed E-state index contributed by atoms with van der Waals surface area (Å²) in [6, 6.07) is 9.50. The number of nitrogens with one attached hydrogen (secondary N) is 1. The summed E-state index contributed by atoms with van der Waals surface area (Å²) in [5.74, 6) is -0.850. The molecule has 2 aliphatic rings. The first-order valence-corrected chi connectivity index (χ1v) is 9.92. The van der Waals surface area contributed by atoms with Crippen molar-refractivity contribution in [3.8, 4) is 0 Å². The number of benzene rings is 1. The number of allylic oxidation sites excluding steroid dienone is 4. The molecule has 4 rings (SSSR count). The molecule has 7 heteroatoms. The van der Waals surface area contributed by atoms with Crippen molar-refractivity contribution in [2.24, 2.45) is 0 Å². The first-order chi connectivity index (χ1) is 14.0. The van der Waals surface area contributed by atoms with Gasteiger partial charge in [0.05, 0.1) is 24.1 Å². The average Bonchev–Trinajstić information content (AvgIpc) is 3.03. The molecule has 0 fully saturated rings. The highest BCUT2D eigenvalue weighted by Crippen LogP contribution is 2.35. The summed E-state index contributed by atoms with van der Waals surface area (Å²) in [5, 5.41) is 1.02. The van der Waals surface area contributed by atoms with Crippen molar-refractivity contribution >= 4 is 40.9 Å². The second-order valence-electron chi connectivity index (χ2n) is 6.48. The SMILES string of the molecule is CCOC(=O)c1cc2c(oc1=O)C(=CC=C1Sc3ccccc3[NH+]1C)C(=O)C=C2. The van der Waals surface area contributed by atoms with Crippen molar-refractivity contribution in [1.82, 2.24) is 0 Å². The quantitative estimate of drug-likeness (QED) is 0.621. The fourth-order valence-electron chi connectivity index (χ4n) is 3.21. The first-order valence-electron chi connectivity index (χ1n) is 9.10. The van der Waals surface area contributed by atoms with Crippen LogP contribution in [0, 0.1) is 0 Å². The van der Waals surface area contributed by atoms with Crippen molar-refractivity contribution in [2.75, 3.05) is 13.7 Å². The van der Waals surface area contributed by atoms with Crippen molar-refractivity contribution in [1.29, 1.82) is 0 Å². The molecular weight excluding hydrogens is 390 g/mol. The van der Waals surface area contributed by atoms with Gasteiger partial charge in [-0.1, -0.05) is 12.1 Å². The van der Waals surface area contributed by atoms with Gasteiger partial charge in [0.1, 0.15) is 11.3 Å². The largest absolute Gasteiger partial charge is 0.462 e.